The third-order valence-electron chi connectivity index (χ3n) is 4.09. The van der Waals surface area contributed by atoms with Crippen LogP contribution in [0.5, 0.6) is 5.75 Å². The highest BCUT2D eigenvalue weighted by molar-refractivity contribution is 7.89. The lowest BCUT2D eigenvalue weighted by atomic mass is 10.2. The molecule has 0 bridgehead atoms. The van der Waals surface area contributed by atoms with Crippen LogP contribution in [0, 0.1) is 6.92 Å². The van der Waals surface area contributed by atoms with Crippen LogP contribution < -0.4 is 4.74 Å². The number of hydrogen-bond acceptors (Lipinski definition) is 4. The molecule has 6 nitrogen and oxygen atoms in total. The summed E-state index contributed by atoms with van der Waals surface area (Å²) in [6.45, 7) is 5.48. The van der Waals surface area contributed by atoms with Gasteiger partial charge in [-0.25, -0.2) is 8.42 Å². The van der Waals surface area contributed by atoms with E-state index in [-0.39, 0.29) is 18.3 Å². The predicted octanol–water partition coefficient (Wildman–Crippen LogP) is 1.65. The summed E-state index contributed by atoms with van der Waals surface area (Å²) in [5, 5.41) is 0. The second-order valence-electron chi connectivity index (χ2n) is 6.05. The Morgan fingerprint density at radius 1 is 1.21 bits per heavy atom. The van der Waals surface area contributed by atoms with Crippen molar-refractivity contribution in [3.05, 3.63) is 29.8 Å². The Morgan fingerprint density at radius 3 is 2.54 bits per heavy atom. The number of aryl methyl sites for hydroxylation is 1. The topological polar surface area (TPSA) is 66.9 Å². The lowest BCUT2D eigenvalue weighted by Crippen LogP contribution is -2.52. The summed E-state index contributed by atoms with van der Waals surface area (Å²) in [5.41, 5.74) is 1.07. The van der Waals surface area contributed by atoms with E-state index in [0.29, 0.717) is 38.3 Å². The van der Waals surface area contributed by atoms with Crippen molar-refractivity contribution in [2.75, 3.05) is 38.5 Å². The van der Waals surface area contributed by atoms with E-state index in [1.54, 1.807) is 4.90 Å². The SMILES string of the molecule is CCCCS(=O)(=O)N1CCN(C(=O)COc2cccc(C)c2)CC1. The number of benzene rings is 1. The normalized spacial score (nSPS) is 16.2. The van der Waals surface area contributed by atoms with Crippen molar-refractivity contribution in [2.24, 2.45) is 0 Å². The zero-order valence-corrected chi connectivity index (χ0v) is 15.2. The van der Waals surface area contributed by atoms with Crippen molar-refractivity contribution in [1.82, 2.24) is 9.21 Å². The quantitative estimate of drug-likeness (QED) is 0.747. The smallest absolute Gasteiger partial charge is 0.260 e. The van der Waals surface area contributed by atoms with Crippen molar-refractivity contribution >= 4 is 15.9 Å². The third kappa shape index (κ3) is 5.21. The first-order chi connectivity index (χ1) is 11.4. The molecule has 0 spiro atoms. The van der Waals surface area contributed by atoms with Gasteiger partial charge in [0.2, 0.25) is 10.0 Å². The van der Waals surface area contributed by atoms with E-state index >= 15 is 0 Å². The summed E-state index contributed by atoms with van der Waals surface area (Å²) in [6.07, 6.45) is 1.53. The van der Waals surface area contributed by atoms with Gasteiger partial charge in [-0.2, -0.15) is 4.31 Å². The molecule has 0 saturated carbocycles. The molecule has 1 aromatic rings. The van der Waals surface area contributed by atoms with Crippen LogP contribution in [0.3, 0.4) is 0 Å². The maximum atomic E-state index is 12.2. The summed E-state index contributed by atoms with van der Waals surface area (Å²) >= 11 is 0. The van der Waals surface area contributed by atoms with Crippen LogP contribution in [-0.2, 0) is 14.8 Å². The number of ether oxygens (including phenoxy) is 1. The van der Waals surface area contributed by atoms with Crippen molar-refractivity contribution in [3.63, 3.8) is 0 Å². The zero-order chi connectivity index (χ0) is 17.6. The van der Waals surface area contributed by atoms with Gasteiger partial charge in [0.05, 0.1) is 5.75 Å². The molecule has 1 amide bonds. The number of hydrogen-bond donors (Lipinski definition) is 0. The maximum absolute atomic E-state index is 12.2. The zero-order valence-electron chi connectivity index (χ0n) is 14.4. The fourth-order valence-electron chi connectivity index (χ4n) is 2.61. The summed E-state index contributed by atoms with van der Waals surface area (Å²) in [5.74, 6) is 0.750. The molecule has 0 radical (unpaired) electrons. The number of nitrogens with zero attached hydrogens (tertiary/aromatic N) is 2. The number of rotatable bonds is 7. The minimum atomic E-state index is -3.19. The Kier molecular flexibility index (Phi) is 6.62. The average molecular weight is 354 g/mol. The van der Waals surface area contributed by atoms with Crippen LogP contribution in [0.15, 0.2) is 24.3 Å². The number of sulfonamides is 1. The summed E-state index contributed by atoms with van der Waals surface area (Å²) in [7, 11) is -3.19. The monoisotopic (exact) mass is 354 g/mol. The van der Waals surface area contributed by atoms with Gasteiger partial charge in [-0.3, -0.25) is 4.79 Å². The van der Waals surface area contributed by atoms with Gasteiger partial charge in [-0.05, 0) is 31.0 Å². The first kappa shape index (κ1) is 18.7. The molecule has 1 saturated heterocycles. The molecule has 7 heteroatoms. The van der Waals surface area contributed by atoms with Gasteiger partial charge in [-0.1, -0.05) is 25.5 Å². The molecule has 1 aliphatic rings. The molecule has 0 unspecified atom stereocenters. The van der Waals surface area contributed by atoms with Crippen molar-refractivity contribution in [3.8, 4) is 5.75 Å². The fourth-order valence-corrected chi connectivity index (χ4v) is 4.24. The number of piperazine rings is 1. The predicted molar refractivity (Wildman–Crippen MR) is 93.5 cm³/mol. The highest BCUT2D eigenvalue weighted by Gasteiger charge is 2.28. The Bertz CT molecular complexity index is 652. The molecule has 0 atom stereocenters. The second kappa shape index (κ2) is 8.48. The molecule has 1 aromatic carbocycles. The number of carbonyl (C=O) groups excluding carboxylic acids is 1. The third-order valence-corrected chi connectivity index (χ3v) is 6.05. The highest BCUT2D eigenvalue weighted by Crippen LogP contribution is 2.13. The van der Waals surface area contributed by atoms with Gasteiger partial charge in [0.1, 0.15) is 5.75 Å². The van der Waals surface area contributed by atoms with E-state index in [0.717, 1.165) is 12.0 Å². The van der Waals surface area contributed by atoms with E-state index in [1.807, 2.05) is 38.1 Å². The average Bonchev–Trinajstić information content (AvgIpc) is 2.58. The van der Waals surface area contributed by atoms with Crippen LogP contribution >= 0.6 is 0 Å². The van der Waals surface area contributed by atoms with Crippen LogP contribution in [0.25, 0.3) is 0 Å². The summed E-state index contributed by atoms with van der Waals surface area (Å²) in [4.78, 5) is 13.9. The second-order valence-corrected chi connectivity index (χ2v) is 8.14. The highest BCUT2D eigenvalue weighted by atomic mass is 32.2. The minimum Gasteiger partial charge on any atom is -0.484 e. The lowest BCUT2D eigenvalue weighted by molar-refractivity contribution is -0.134. The Morgan fingerprint density at radius 2 is 1.92 bits per heavy atom. The van der Waals surface area contributed by atoms with Gasteiger partial charge >= 0.3 is 0 Å². The standard InChI is InChI=1S/C17H26N2O4S/c1-3-4-12-24(21,22)19-10-8-18(9-11-19)17(20)14-23-16-7-5-6-15(2)13-16/h5-7,13H,3-4,8-12,14H2,1-2H3. The minimum absolute atomic E-state index is 0.0218. The Labute approximate surface area is 144 Å². The first-order valence-electron chi connectivity index (χ1n) is 8.37. The molecular weight excluding hydrogens is 328 g/mol. The van der Waals surface area contributed by atoms with Gasteiger partial charge in [0.25, 0.3) is 5.91 Å². The van der Waals surface area contributed by atoms with Crippen molar-refractivity contribution in [1.29, 1.82) is 0 Å². The Hall–Kier alpha value is -1.60. The lowest BCUT2D eigenvalue weighted by Gasteiger charge is -2.34. The molecule has 0 aliphatic carbocycles. The molecule has 1 fully saturated rings. The first-order valence-corrected chi connectivity index (χ1v) is 9.98. The number of carbonyl (C=O) groups is 1. The van der Waals surface area contributed by atoms with E-state index in [1.165, 1.54) is 4.31 Å². The van der Waals surface area contributed by atoms with Gasteiger partial charge < -0.3 is 9.64 Å². The number of unbranched alkanes of at least 4 members (excludes halogenated alkanes) is 1. The summed E-state index contributed by atoms with van der Waals surface area (Å²) < 4.78 is 31.3. The van der Waals surface area contributed by atoms with E-state index < -0.39 is 10.0 Å². The summed E-state index contributed by atoms with van der Waals surface area (Å²) in [6, 6.07) is 7.55. The van der Waals surface area contributed by atoms with Gasteiger partial charge in [-0.15, -0.1) is 0 Å². The maximum Gasteiger partial charge on any atom is 0.260 e. The van der Waals surface area contributed by atoms with Crippen LogP contribution in [0.4, 0.5) is 0 Å². The molecule has 0 aromatic heterocycles. The molecular formula is C17H26N2O4S. The van der Waals surface area contributed by atoms with Gasteiger partial charge in [0, 0.05) is 26.2 Å². The van der Waals surface area contributed by atoms with Crippen molar-refractivity contribution in [2.45, 2.75) is 26.7 Å². The molecule has 1 aliphatic heterocycles. The van der Waals surface area contributed by atoms with Crippen LogP contribution in [0.1, 0.15) is 25.3 Å². The molecule has 2 rings (SSSR count). The van der Waals surface area contributed by atoms with Gasteiger partial charge in [0.15, 0.2) is 6.61 Å². The van der Waals surface area contributed by atoms with Crippen molar-refractivity contribution < 1.29 is 17.9 Å². The van der Waals surface area contributed by atoms with E-state index in [9.17, 15) is 13.2 Å². The fraction of sp³-hybridized carbons (Fsp3) is 0.588. The Balaban J connectivity index is 1.80. The molecule has 134 valence electrons. The largest absolute Gasteiger partial charge is 0.484 e. The molecule has 0 N–H and O–H groups in total. The van der Waals surface area contributed by atoms with Crippen LogP contribution in [-0.4, -0.2) is 62.1 Å². The molecule has 24 heavy (non-hydrogen) atoms. The molecule has 1 heterocycles. The number of amides is 1. The van der Waals surface area contributed by atoms with E-state index in [2.05, 4.69) is 0 Å². The van der Waals surface area contributed by atoms with Crippen LogP contribution in [0.2, 0.25) is 0 Å². The van der Waals surface area contributed by atoms with E-state index in [4.69, 9.17) is 4.74 Å².